The van der Waals surface area contributed by atoms with E-state index in [-0.39, 0.29) is 6.03 Å². The highest BCUT2D eigenvalue weighted by molar-refractivity contribution is 5.73. The van der Waals surface area contributed by atoms with E-state index >= 15 is 0 Å². The molecular formula is C21H28N4O. The van der Waals surface area contributed by atoms with Crippen molar-refractivity contribution in [1.29, 1.82) is 0 Å². The molecule has 0 bridgehead atoms. The number of hydrogen-bond acceptors (Lipinski definition) is 3. The van der Waals surface area contributed by atoms with Gasteiger partial charge in [-0.1, -0.05) is 31.2 Å². The summed E-state index contributed by atoms with van der Waals surface area (Å²) < 4.78 is 0. The average molecular weight is 352 g/mol. The summed E-state index contributed by atoms with van der Waals surface area (Å²) >= 11 is 0. The lowest BCUT2D eigenvalue weighted by Gasteiger charge is -2.30. The lowest BCUT2D eigenvalue weighted by Crippen LogP contribution is -2.34. The fourth-order valence-corrected chi connectivity index (χ4v) is 3.38. The fourth-order valence-electron chi connectivity index (χ4n) is 3.38. The highest BCUT2D eigenvalue weighted by atomic mass is 16.2. The van der Waals surface area contributed by atoms with Gasteiger partial charge in [0.2, 0.25) is 0 Å². The molecule has 2 amide bonds. The molecule has 0 radical (unpaired) electrons. The van der Waals surface area contributed by atoms with Crippen LogP contribution in [-0.2, 0) is 19.6 Å². The van der Waals surface area contributed by atoms with Crippen molar-refractivity contribution in [2.45, 2.75) is 39.4 Å². The van der Waals surface area contributed by atoms with Crippen molar-refractivity contribution in [2.24, 2.45) is 5.92 Å². The monoisotopic (exact) mass is 352 g/mol. The predicted molar refractivity (Wildman–Crippen MR) is 103 cm³/mol. The number of aromatic nitrogens is 1. The van der Waals surface area contributed by atoms with E-state index in [4.69, 9.17) is 0 Å². The normalized spacial score (nSPS) is 17.7. The second-order valence-corrected chi connectivity index (χ2v) is 7.19. The minimum atomic E-state index is -0.159. The second-order valence-electron chi connectivity index (χ2n) is 7.19. The lowest BCUT2D eigenvalue weighted by atomic mass is 9.99. The van der Waals surface area contributed by atoms with Crippen molar-refractivity contribution in [3.63, 3.8) is 0 Å². The van der Waals surface area contributed by atoms with Crippen LogP contribution in [0.25, 0.3) is 0 Å². The number of likely N-dealkylation sites (tertiary alicyclic amines) is 1. The van der Waals surface area contributed by atoms with Crippen molar-refractivity contribution in [2.75, 3.05) is 13.1 Å². The Labute approximate surface area is 155 Å². The third-order valence-corrected chi connectivity index (χ3v) is 4.83. The highest BCUT2D eigenvalue weighted by Gasteiger charge is 2.16. The van der Waals surface area contributed by atoms with E-state index in [0.717, 1.165) is 23.6 Å². The summed E-state index contributed by atoms with van der Waals surface area (Å²) in [5, 5.41) is 5.75. The first-order valence-electron chi connectivity index (χ1n) is 9.40. The Morgan fingerprint density at radius 3 is 2.31 bits per heavy atom. The van der Waals surface area contributed by atoms with E-state index in [0.29, 0.717) is 13.1 Å². The van der Waals surface area contributed by atoms with Gasteiger partial charge in [0.05, 0.1) is 0 Å². The summed E-state index contributed by atoms with van der Waals surface area (Å²) in [5.41, 5.74) is 3.48. The molecule has 5 heteroatoms. The zero-order valence-electron chi connectivity index (χ0n) is 15.4. The molecule has 1 aliphatic heterocycles. The second kappa shape index (κ2) is 9.34. The summed E-state index contributed by atoms with van der Waals surface area (Å²) in [6.45, 7) is 6.78. The molecular weight excluding hydrogens is 324 g/mol. The van der Waals surface area contributed by atoms with Crippen molar-refractivity contribution in [1.82, 2.24) is 20.5 Å². The summed E-state index contributed by atoms with van der Waals surface area (Å²) in [7, 11) is 0. The Morgan fingerprint density at radius 2 is 1.65 bits per heavy atom. The quantitative estimate of drug-likeness (QED) is 0.838. The van der Waals surface area contributed by atoms with Gasteiger partial charge in [0.25, 0.3) is 0 Å². The molecule has 0 aliphatic carbocycles. The Balaban J connectivity index is 1.40. The van der Waals surface area contributed by atoms with Gasteiger partial charge in [0.1, 0.15) is 0 Å². The van der Waals surface area contributed by atoms with Crippen LogP contribution in [0.1, 0.15) is 36.5 Å². The molecule has 1 aromatic heterocycles. The van der Waals surface area contributed by atoms with Crippen LogP contribution in [0.4, 0.5) is 4.79 Å². The van der Waals surface area contributed by atoms with E-state index in [9.17, 15) is 4.79 Å². The van der Waals surface area contributed by atoms with E-state index in [1.165, 1.54) is 31.5 Å². The van der Waals surface area contributed by atoms with Crippen molar-refractivity contribution in [3.8, 4) is 0 Å². The molecule has 1 saturated heterocycles. The molecule has 2 heterocycles. The fraction of sp³-hybridized carbons (Fsp3) is 0.429. The molecule has 1 fully saturated rings. The Kier molecular flexibility index (Phi) is 6.61. The van der Waals surface area contributed by atoms with E-state index in [2.05, 4.69) is 51.7 Å². The minimum Gasteiger partial charge on any atom is -0.334 e. The summed E-state index contributed by atoms with van der Waals surface area (Å²) in [6.07, 6.45) is 6.10. The van der Waals surface area contributed by atoms with Gasteiger partial charge in [-0.2, -0.15) is 0 Å². The number of hydrogen-bond donors (Lipinski definition) is 2. The maximum atomic E-state index is 11.9. The van der Waals surface area contributed by atoms with Crippen molar-refractivity contribution in [3.05, 3.63) is 65.5 Å². The molecule has 138 valence electrons. The van der Waals surface area contributed by atoms with Gasteiger partial charge < -0.3 is 10.6 Å². The van der Waals surface area contributed by atoms with E-state index < -0.39 is 0 Å². The van der Waals surface area contributed by atoms with Crippen molar-refractivity contribution < 1.29 is 4.79 Å². The SMILES string of the molecule is CC1CCCN(Cc2ccc(CNC(=O)NCc3ccncc3)cc2)C1. The third-order valence-electron chi connectivity index (χ3n) is 4.83. The molecule has 26 heavy (non-hydrogen) atoms. The average Bonchev–Trinajstić information content (AvgIpc) is 2.67. The summed E-state index contributed by atoms with van der Waals surface area (Å²) in [4.78, 5) is 18.4. The van der Waals surface area contributed by atoms with Crippen LogP contribution in [0.5, 0.6) is 0 Å². The number of nitrogens with zero attached hydrogens (tertiary/aromatic N) is 2. The van der Waals surface area contributed by atoms with Crippen LogP contribution in [0.15, 0.2) is 48.8 Å². The molecule has 1 unspecified atom stereocenters. The first-order chi connectivity index (χ1) is 12.7. The molecule has 1 aliphatic rings. The predicted octanol–water partition coefficient (Wildman–Crippen LogP) is 3.31. The van der Waals surface area contributed by atoms with Gasteiger partial charge >= 0.3 is 6.03 Å². The van der Waals surface area contributed by atoms with Gasteiger partial charge in [-0.05, 0) is 54.1 Å². The first-order valence-corrected chi connectivity index (χ1v) is 9.40. The molecule has 0 spiro atoms. The van der Waals surface area contributed by atoms with Gasteiger partial charge in [0.15, 0.2) is 0 Å². The van der Waals surface area contributed by atoms with Gasteiger partial charge in [-0.3, -0.25) is 9.88 Å². The third kappa shape index (κ3) is 5.85. The van der Waals surface area contributed by atoms with Gasteiger partial charge in [-0.15, -0.1) is 0 Å². The number of rotatable bonds is 6. The van der Waals surface area contributed by atoms with E-state index in [1.54, 1.807) is 12.4 Å². The zero-order chi connectivity index (χ0) is 18.2. The number of carbonyl (C=O) groups excluding carboxylic acids is 1. The van der Waals surface area contributed by atoms with Crippen LogP contribution < -0.4 is 10.6 Å². The topological polar surface area (TPSA) is 57.3 Å². The van der Waals surface area contributed by atoms with Crippen LogP contribution in [-0.4, -0.2) is 29.0 Å². The number of piperidine rings is 1. The molecule has 1 atom stereocenters. The van der Waals surface area contributed by atoms with E-state index in [1.807, 2.05) is 12.1 Å². The molecule has 0 saturated carbocycles. The first kappa shape index (κ1) is 18.4. The molecule has 2 aromatic rings. The van der Waals surface area contributed by atoms with Crippen molar-refractivity contribution >= 4 is 6.03 Å². The number of nitrogens with one attached hydrogen (secondary N) is 2. The van der Waals surface area contributed by atoms with Crippen LogP contribution in [0.2, 0.25) is 0 Å². The smallest absolute Gasteiger partial charge is 0.315 e. The van der Waals surface area contributed by atoms with Gasteiger partial charge in [-0.25, -0.2) is 4.79 Å². The maximum absolute atomic E-state index is 11.9. The standard InChI is InChI=1S/C21H28N4O/c1-17-3-2-12-25(15-17)16-20-6-4-18(5-7-20)13-23-21(26)24-14-19-8-10-22-11-9-19/h4-11,17H,2-3,12-16H2,1H3,(H2,23,24,26). The van der Waals surface area contributed by atoms with Crippen LogP contribution >= 0.6 is 0 Å². The summed E-state index contributed by atoms with van der Waals surface area (Å²) in [5.74, 6) is 0.804. The minimum absolute atomic E-state index is 0.159. The maximum Gasteiger partial charge on any atom is 0.315 e. The number of amides is 2. The molecule has 2 N–H and O–H groups in total. The number of urea groups is 1. The Bertz CT molecular complexity index is 687. The van der Waals surface area contributed by atoms with Crippen LogP contribution in [0, 0.1) is 5.92 Å². The number of benzene rings is 1. The molecule has 5 nitrogen and oxygen atoms in total. The largest absolute Gasteiger partial charge is 0.334 e. The summed E-state index contributed by atoms with van der Waals surface area (Å²) in [6, 6.07) is 12.2. The number of carbonyl (C=O) groups is 1. The van der Waals surface area contributed by atoms with Crippen LogP contribution in [0.3, 0.4) is 0 Å². The lowest BCUT2D eigenvalue weighted by molar-refractivity contribution is 0.176. The zero-order valence-corrected chi connectivity index (χ0v) is 15.4. The Morgan fingerprint density at radius 1 is 1.04 bits per heavy atom. The highest BCUT2D eigenvalue weighted by Crippen LogP contribution is 2.18. The molecule has 3 rings (SSSR count). The molecule has 1 aromatic carbocycles. The Hall–Kier alpha value is -2.40. The number of pyridine rings is 1. The van der Waals surface area contributed by atoms with Gasteiger partial charge in [0, 0.05) is 38.6 Å².